The molecular formula is C21H19NO5. The number of hydrogen-bond acceptors (Lipinski definition) is 5. The first kappa shape index (κ1) is 18.4. The van der Waals surface area contributed by atoms with Crippen molar-refractivity contribution < 1.29 is 23.9 Å². The molecule has 0 amide bonds. The van der Waals surface area contributed by atoms with Crippen LogP contribution >= 0.6 is 0 Å². The Labute approximate surface area is 156 Å². The molecule has 2 heterocycles. The van der Waals surface area contributed by atoms with E-state index in [-0.39, 0.29) is 35.8 Å². The van der Waals surface area contributed by atoms with Crippen molar-refractivity contribution in [2.75, 3.05) is 13.2 Å². The number of rotatable bonds is 6. The van der Waals surface area contributed by atoms with Gasteiger partial charge in [-0.2, -0.15) is 0 Å². The Kier molecular flexibility index (Phi) is 5.35. The summed E-state index contributed by atoms with van der Waals surface area (Å²) in [6, 6.07) is 13.7. The van der Waals surface area contributed by atoms with Crippen LogP contribution in [0.4, 0.5) is 0 Å². The van der Waals surface area contributed by atoms with Crippen molar-refractivity contribution in [2.45, 2.75) is 13.8 Å². The average molecular weight is 365 g/mol. The van der Waals surface area contributed by atoms with Gasteiger partial charge in [0.05, 0.1) is 18.7 Å². The molecule has 0 unspecified atom stereocenters. The Morgan fingerprint density at radius 3 is 2.04 bits per heavy atom. The Bertz CT molecular complexity index is 1000. The minimum atomic E-state index is -0.733. The van der Waals surface area contributed by atoms with Crippen LogP contribution in [0.3, 0.4) is 0 Å². The van der Waals surface area contributed by atoms with Gasteiger partial charge >= 0.3 is 11.9 Å². The van der Waals surface area contributed by atoms with Gasteiger partial charge in [0.1, 0.15) is 16.8 Å². The van der Waals surface area contributed by atoms with Gasteiger partial charge in [-0.05, 0) is 26.0 Å². The number of hydrogen-bond donors (Lipinski definition) is 0. The summed E-state index contributed by atoms with van der Waals surface area (Å²) in [5.74, 6) is -1.78. The predicted octanol–water partition coefficient (Wildman–Crippen LogP) is 3.52. The first-order valence-electron chi connectivity index (χ1n) is 8.67. The number of benzene rings is 1. The van der Waals surface area contributed by atoms with Gasteiger partial charge in [-0.1, -0.05) is 36.4 Å². The van der Waals surface area contributed by atoms with E-state index in [1.807, 2.05) is 0 Å². The number of carbonyl (C=O) groups excluding carboxylic acids is 3. The second kappa shape index (κ2) is 7.86. The monoisotopic (exact) mass is 365 g/mol. The van der Waals surface area contributed by atoms with Crippen LogP contribution in [0, 0.1) is 0 Å². The van der Waals surface area contributed by atoms with Crippen molar-refractivity contribution in [3.63, 3.8) is 0 Å². The third kappa shape index (κ3) is 3.33. The quantitative estimate of drug-likeness (QED) is 0.493. The van der Waals surface area contributed by atoms with E-state index in [1.165, 1.54) is 4.40 Å². The molecule has 138 valence electrons. The molecule has 0 aliphatic rings. The summed E-state index contributed by atoms with van der Waals surface area (Å²) < 4.78 is 11.8. The third-order valence-corrected chi connectivity index (χ3v) is 4.05. The van der Waals surface area contributed by atoms with Crippen LogP contribution in [0.5, 0.6) is 0 Å². The van der Waals surface area contributed by atoms with Crippen molar-refractivity contribution in [2.24, 2.45) is 0 Å². The molecule has 0 radical (unpaired) electrons. The van der Waals surface area contributed by atoms with Crippen LogP contribution in [0.15, 0.2) is 54.7 Å². The number of nitrogens with zero attached hydrogens (tertiary/aromatic N) is 1. The summed E-state index contributed by atoms with van der Waals surface area (Å²) in [5, 5.41) is 0. The van der Waals surface area contributed by atoms with Crippen LogP contribution in [0.1, 0.15) is 50.6 Å². The molecule has 2 aromatic heterocycles. The number of carbonyl (C=O) groups is 3. The van der Waals surface area contributed by atoms with Crippen molar-refractivity contribution in [1.29, 1.82) is 0 Å². The van der Waals surface area contributed by atoms with E-state index < -0.39 is 11.9 Å². The van der Waals surface area contributed by atoms with Crippen LogP contribution in [-0.2, 0) is 9.47 Å². The maximum absolute atomic E-state index is 13.2. The van der Waals surface area contributed by atoms with Crippen LogP contribution < -0.4 is 0 Å². The number of esters is 2. The van der Waals surface area contributed by atoms with E-state index in [1.54, 1.807) is 68.6 Å². The van der Waals surface area contributed by atoms with E-state index in [0.717, 1.165) is 0 Å². The molecule has 0 aliphatic carbocycles. The van der Waals surface area contributed by atoms with E-state index in [0.29, 0.717) is 11.1 Å². The Morgan fingerprint density at radius 2 is 1.41 bits per heavy atom. The second-order valence-corrected chi connectivity index (χ2v) is 5.69. The van der Waals surface area contributed by atoms with Crippen molar-refractivity contribution in [3.05, 3.63) is 77.1 Å². The van der Waals surface area contributed by atoms with Crippen LogP contribution in [0.2, 0.25) is 0 Å². The zero-order valence-electron chi connectivity index (χ0n) is 15.1. The lowest BCUT2D eigenvalue weighted by atomic mass is 10.0. The fourth-order valence-electron chi connectivity index (χ4n) is 2.97. The highest BCUT2D eigenvalue weighted by Gasteiger charge is 2.33. The van der Waals surface area contributed by atoms with E-state index >= 15 is 0 Å². The molecule has 0 fully saturated rings. The molecule has 0 spiro atoms. The van der Waals surface area contributed by atoms with E-state index in [4.69, 9.17) is 9.47 Å². The SMILES string of the molecule is CCOC(=O)c1c(C(=O)OCC)c2ccccn2c1C(=O)c1ccccc1. The van der Waals surface area contributed by atoms with Gasteiger partial charge in [0.15, 0.2) is 0 Å². The number of pyridine rings is 1. The molecular weight excluding hydrogens is 346 g/mol. The lowest BCUT2D eigenvalue weighted by Gasteiger charge is -2.07. The summed E-state index contributed by atoms with van der Waals surface area (Å²) in [7, 11) is 0. The normalized spacial score (nSPS) is 10.6. The summed E-state index contributed by atoms with van der Waals surface area (Å²) >= 11 is 0. The molecule has 0 saturated heterocycles. The Balaban J connectivity index is 2.34. The number of ether oxygens (including phenoxy) is 2. The minimum Gasteiger partial charge on any atom is -0.462 e. The number of ketones is 1. The Hall–Kier alpha value is -3.41. The first-order chi connectivity index (χ1) is 13.1. The zero-order chi connectivity index (χ0) is 19.4. The molecule has 0 N–H and O–H groups in total. The van der Waals surface area contributed by atoms with Gasteiger partial charge in [0, 0.05) is 11.8 Å². The first-order valence-corrected chi connectivity index (χ1v) is 8.67. The largest absolute Gasteiger partial charge is 0.462 e. The standard InChI is InChI=1S/C21H19NO5/c1-3-26-20(24)16-15-12-8-9-13-22(15)18(17(16)21(25)27-4-2)19(23)14-10-6-5-7-11-14/h5-13H,3-4H2,1-2H3. The Morgan fingerprint density at radius 1 is 0.815 bits per heavy atom. The van der Waals surface area contributed by atoms with Gasteiger partial charge in [0.25, 0.3) is 0 Å². The van der Waals surface area contributed by atoms with Gasteiger partial charge in [-0.15, -0.1) is 0 Å². The molecule has 3 rings (SSSR count). The molecule has 0 saturated carbocycles. The highest BCUT2D eigenvalue weighted by molar-refractivity contribution is 6.19. The highest BCUT2D eigenvalue weighted by atomic mass is 16.5. The molecule has 1 aromatic carbocycles. The van der Waals surface area contributed by atoms with Crippen LogP contribution in [-0.4, -0.2) is 35.3 Å². The third-order valence-electron chi connectivity index (χ3n) is 4.05. The van der Waals surface area contributed by atoms with Gasteiger partial charge < -0.3 is 13.9 Å². The van der Waals surface area contributed by atoms with Crippen molar-refractivity contribution >= 4 is 23.2 Å². The van der Waals surface area contributed by atoms with Crippen LogP contribution in [0.25, 0.3) is 5.52 Å². The van der Waals surface area contributed by atoms with Gasteiger partial charge in [-0.25, -0.2) is 9.59 Å². The maximum Gasteiger partial charge on any atom is 0.341 e. The summed E-state index contributed by atoms with van der Waals surface area (Å²) in [4.78, 5) is 38.5. The molecule has 6 heteroatoms. The maximum atomic E-state index is 13.2. The molecule has 0 atom stereocenters. The smallest absolute Gasteiger partial charge is 0.341 e. The highest BCUT2D eigenvalue weighted by Crippen LogP contribution is 2.28. The van der Waals surface area contributed by atoms with E-state index in [9.17, 15) is 14.4 Å². The molecule has 6 nitrogen and oxygen atoms in total. The zero-order valence-corrected chi connectivity index (χ0v) is 15.1. The molecule has 0 bridgehead atoms. The van der Waals surface area contributed by atoms with Crippen molar-refractivity contribution in [1.82, 2.24) is 4.40 Å². The van der Waals surface area contributed by atoms with E-state index in [2.05, 4.69) is 0 Å². The molecule has 3 aromatic rings. The molecule has 0 aliphatic heterocycles. The summed E-state index contributed by atoms with van der Waals surface area (Å²) in [6.07, 6.45) is 1.64. The average Bonchev–Trinajstić information content (AvgIpc) is 3.04. The second-order valence-electron chi connectivity index (χ2n) is 5.69. The fraction of sp³-hybridized carbons (Fsp3) is 0.190. The lowest BCUT2D eigenvalue weighted by Crippen LogP contribution is -2.16. The lowest BCUT2D eigenvalue weighted by molar-refractivity contribution is 0.0480. The summed E-state index contributed by atoms with van der Waals surface area (Å²) in [6.45, 7) is 3.60. The van der Waals surface area contributed by atoms with Gasteiger partial charge in [-0.3, -0.25) is 4.79 Å². The fourth-order valence-corrected chi connectivity index (χ4v) is 2.97. The minimum absolute atomic E-state index is 0.0372. The molecule has 27 heavy (non-hydrogen) atoms. The summed E-state index contributed by atoms with van der Waals surface area (Å²) in [5.41, 5.74) is 0.865. The number of fused-ring (bicyclic) bond motifs is 1. The predicted molar refractivity (Wildman–Crippen MR) is 99.2 cm³/mol. The van der Waals surface area contributed by atoms with Gasteiger partial charge in [0.2, 0.25) is 5.78 Å². The number of aromatic nitrogens is 1. The van der Waals surface area contributed by atoms with Crippen molar-refractivity contribution in [3.8, 4) is 0 Å². The topological polar surface area (TPSA) is 74.1 Å².